The van der Waals surface area contributed by atoms with Crippen LogP contribution in [0.1, 0.15) is 40.9 Å². The van der Waals surface area contributed by atoms with Crippen LogP contribution in [0.15, 0.2) is 77.6 Å². The summed E-state index contributed by atoms with van der Waals surface area (Å²) in [6.07, 6.45) is 0. The first-order valence-electron chi connectivity index (χ1n) is 14.3. The molecule has 0 bridgehead atoms. The van der Waals surface area contributed by atoms with E-state index in [1.54, 1.807) is 41.4 Å². The lowest BCUT2D eigenvalue weighted by Gasteiger charge is -2.22. The van der Waals surface area contributed by atoms with Crippen molar-refractivity contribution in [1.29, 1.82) is 5.41 Å². The number of amidine groups is 1. The molecule has 0 aliphatic carbocycles. The molecule has 0 saturated heterocycles. The molecule has 2 amide bonds. The topological polar surface area (TPSA) is 184 Å². The number of benzene rings is 3. The maximum atomic E-state index is 13.8. The van der Waals surface area contributed by atoms with Gasteiger partial charge in [-0.25, -0.2) is 9.99 Å². The highest BCUT2D eigenvalue weighted by atomic mass is 35.5. The van der Waals surface area contributed by atoms with Gasteiger partial charge in [-0.1, -0.05) is 80.0 Å². The van der Waals surface area contributed by atoms with Crippen LogP contribution in [-0.2, 0) is 24.4 Å². The van der Waals surface area contributed by atoms with Gasteiger partial charge in [0.25, 0.3) is 11.5 Å². The summed E-state index contributed by atoms with van der Waals surface area (Å²) < 4.78 is 1.22. The van der Waals surface area contributed by atoms with Crippen molar-refractivity contribution in [2.24, 2.45) is 5.73 Å². The lowest BCUT2D eigenvalue weighted by Crippen LogP contribution is -2.38. The van der Waals surface area contributed by atoms with Crippen molar-refractivity contribution in [2.45, 2.75) is 33.5 Å². The number of carbonyl (C=O) groups is 2. The summed E-state index contributed by atoms with van der Waals surface area (Å²) in [6.45, 7) is 5.08. The van der Waals surface area contributed by atoms with Gasteiger partial charge >= 0.3 is 0 Å². The number of hydrazine groups is 1. The third-order valence-corrected chi connectivity index (χ3v) is 7.26. The summed E-state index contributed by atoms with van der Waals surface area (Å²) in [6, 6.07) is 21.0. The fraction of sp³-hybridized carbons (Fsp3) is 0.219. The Kier molecular flexibility index (Phi) is 10.9. The van der Waals surface area contributed by atoms with E-state index < -0.39 is 11.5 Å². The Bertz CT molecular complexity index is 1740. The van der Waals surface area contributed by atoms with Gasteiger partial charge in [0, 0.05) is 48.6 Å². The molecule has 8 N–H and O–H groups in total. The normalized spacial score (nSPS) is 10.8. The van der Waals surface area contributed by atoms with Crippen LogP contribution >= 0.6 is 11.6 Å². The molecular formula is C32H36ClN9O3. The quantitative estimate of drug-likeness (QED) is 0.0563. The summed E-state index contributed by atoms with van der Waals surface area (Å²) in [5.74, 6) is -0.946. The highest BCUT2D eigenvalue weighted by Gasteiger charge is 2.22. The average Bonchev–Trinajstić information content (AvgIpc) is 3.03. The summed E-state index contributed by atoms with van der Waals surface area (Å²) in [4.78, 5) is 44.4. The fourth-order valence-electron chi connectivity index (χ4n) is 4.57. The number of aromatic nitrogens is 2. The Balaban J connectivity index is 1.67. The molecule has 0 fully saturated rings. The number of rotatable bonds is 13. The summed E-state index contributed by atoms with van der Waals surface area (Å²) >= 11 is 6.70. The Morgan fingerprint density at radius 1 is 0.933 bits per heavy atom. The third-order valence-electron chi connectivity index (χ3n) is 6.99. The molecule has 0 aliphatic rings. The maximum absolute atomic E-state index is 13.8. The van der Waals surface area contributed by atoms with E-state index >= 15 is 0 Å². The number of halogens is 1. The van der Waals surface area contributed by atoms with Crippen LogP contribution in [0, 0.1) is 5.41 Å². The van der Waals surface area contributed by atoms with Gasteiger partial charge in [0.1, 0.15) is 12.4 Å². The predicted octanol–water partition coefficient (Wildman–Crippen LogP) is 3.35. The number of anilines is 2. The van der Waals surface area contributed by atoms with Crippen molar-refractivity contribution in [3.05, 3.63) is 111 Å². The molecule has 0 aliphatic heterocycles. The summed E-state index contributed by atoms with van der Waals surface area (Å²) in [5, 5.41) is 14.9. The van der Waals surface area contributed by atoms with E-state index in [0.29, 0.717) is 30.8 Å². The van der Waals surface area contributed by atoms with Gasteiger partial charge < -0.3 is 22.1 Å². The zero-order valence-electron chi connectivity index (χ0n) is 25.1. The lowest BCUT2D eigenvalue weighted by molar-refractivity contribution is -0.121. The van der Waals surface area contributed by atoms with Crippen molar-refractivity contribution in [1.82, 2.24) is 25.2 Å². The van der Waals surface area contributed by atoms with Gasteiger partial charge in [-0.2, -0.15) is 0 Å². The lowest BCUT2D eigenvalue weighted by atomic mass is 10.1. The van der Waals surface area contributed by atoms with Crippen molar-refractivity contribution < 1.29 is 9.59 Å². The molecule has 0 radical (unpaired) electrons. The van der Waals surface area contributed by atoms with Crippen LogP contribution in [-0.4, -0.2) is 45.3 Å². The van der Waals surface area contributed by atoms with E-state index in [9.17, 15) is 14.4 Å². The molecule has 13 heteroatoms. The van der Waals surface area contributed by atoms with Crippen molar-refractivity contribution in [3.8, 4) is 11.3 Å². The van der Waals surface area contributed by atoms with E-state index in [1.807, 2.05) is 44.2 Å². The van der Waals surface area contributed by atoms with Gasteiger partial charge in [0.05, 0.1) is 5.69 Å². The molecule has 3 aromatic carbocycles. The minimum Gasteiger partial charge on any atom is -0.399 e. The second-order valence-electron chi connectivity index (χ2n) is 10.2. The molecule has 1 aromatic heterocycles. The first-order valence-corrected chi connectivity index (χ1v) is 14.7. The van der Waals surface area contributed by atoms with Crippen molar-refractivity contribution in [2.75, 3.05) is 24.2 Å². The third kappa shape index (κ3) is 8.46. The smallest absolute Gasteiger partial charge is 0.295 e. The highest BCUT2D eigenvalue weighted by Crippen LogP contribution is 2.29. The van der Waals surface area contributed by atoms with Crippen molar-refractivity contribution in [3.63, 3.8) is 0 Å². The molecule has 0 saturated carbocycles. The minimum atomic E-state index is -0.584. The van der Waals surface area contributed by atoms with Crippen LogP contribution < -0.4 is 33.1 Å². The second-order valence-corrected chi connectivity index (χ2v) is 10.5. The first-order chi connectivity index (χ1) is 21.6. The zero-order valence-corrected chi connectivity index (χ0v) is 25.8. The molecule has 4 aromatic rings. The van der Waals surface area contributed by atoms with E-state index in [4.69, 9.17) is 28.5 Å². The minimum absolute atomic E-state index is 0.0511. The zero-order chi connectivity index (χ0) is 32.5. The largest absolute Gasteiger partial charge is 0.399 e. The number of hydrogen-bond acceptors (Lipinski definition) is 8. The molecule has 0 spiro atoms. The van der Waals surface area contributed by atoms with E-state index in [1.165, 1.54) is 10.6 Å². The predicted molar refractivity (Wildman–Crippen MR) is 177 cm³/mol. The fourth-order valence-corrected chi connectivity index (χ4v) is 4.87. The summed E-state index contributed by atoms with van der Waals surface area (Å²) in [5.41, 5.74) is 17.4. The molecule has 0 unspecified atom stereocenters. The van der Waals surface area contributed by atoms with Crippen LogP contribution in [0.3, 0.4) is 0 Å². The van der Waals surface area contributed by atoms with Crippen LogP contribution in [0.4, 0.5) is 11.5 Å². The number of hydrogen-bond donors (Lipinski definition) is 6. The average molecular weight is 630 g/mol. The molecular weight excluding hydrogens is 594 g/mol. The molecule has 1 heterocycles. The van der Waals surface area contributed by atoms with Crippen LogP contribution in [0.25, 0.3) is 11.3 Å². The first kappa shape index (κ1) is 32.7. The molecule has 12 nitrogen and oxygen atoms in total. The number of nitrogens with two attached hydrogens (primary N) is 2. The van der Waals surface area contributed by atoms with Gasteiger partial charge in [-0.05, 0) is 29.3 Å². The monoisotopic (exact) mass is 629 g/mol. The Labute approximate surface area is 265 Å². The Morgan fingerprint density at radius 3 is 2.22 bits per heavy atom. The Morgan fingerprint density at radius 2 is 1.58 bits per heavy atom. The number of nitrogens with one attached hydrogen (secondary N) is 4. The van der Waals surface area contributed by atoms with Gasteiger partial charge in [-0.15, -0.1) is 0 Å². The van der Waals surface area contributed by atoms with Crippen molar-refractivity contribution >= 4 is 40.8 Å². The van der Waals surface area contributed by atoms with Crippen LogP contribution in [0.2, 0.25) is 5.15 Å². The number of carbonyl (C=O) groups excluding carboxylic acids is 2. The van der Waals surface area contributed by atoms with Crippen LogP contribution in [0.5, 0.6) is 0 Å². The number of nitrogens with zero attached hydrogens (tertiary/aromatic N) is 3. The maximum Gasteiger partial charge on any atom is 0.295 e. The molecule has 0 atom stereocenters. The van der Waals surface area contributed by atoms with E-state index in [0.717, 1.165) is 11.1 Å². The number of nitrogen functional groups attached to an aromatic ring is 2. The van der Waals surface area contributed by atoms with Gasteiger partial charge in [0.2, 0.25) is 11.7 Å². The SMILES string of the molecule is CCN(CC)Nc1nc(Cl)c(-c2cc(N)cc(C(=O)NCc3ccccc3)c2)n(CC(=O)NCc2ccc(C(=N)N)cc2)c1=O. The highest BCUT2D eigenvalue weighted by molar-refractivity contribution is 6.32. The number of amides is 2. The molecule has 4 rings (SSSR count). The van der Waals surface area contributed by atoms with Gasteiger partial charge in [0.15, 0.2) is 5.15 Å². The van der Waals surface area contributed by atoms with Gasteiger partial charge in [-0.3, -0.25) is 29.8 Å². The van der Waals surface area contributed by atoms with E-state index in [2.05, 4.69) is 21.0 Å². The molecule has 234 valence electrons. The molecule has 45 heavy (non-hydrogen) atoms. The standard InChI is InChI=1S/C32H36ClN9O3/c1-3-41(4-2)40-30-32(45)42(19-26(43)37-17-21-10-12-22(13-11-21)29(35)36)27(28(33)39-30)23-14-24(16-25(34)15-23)31(44)38-18-20-8-6-5-7-9-20/h5-16H,3-4,17-19,34H2,1-2H3,(H3,35,36)(H,37,43)(H,38,44)(H,39,40). The van der Waals surface area contributed by atoms with E-state index in [-0.39, 0.29) is 52.7 Å². The Hall–Kier alpha value is -5.20. The summed E-state index contributed by atoms with van der Waals surface area (Å²) in [7, 11) is 0. The second kappa shape index (κ2) is 15.0.